The van der Waals surface area contributed by atoms with Crippen molar-refractivity contribution in [1.82, 2.24) is 15.2 Å². The Kier molecular flexibility index (Phi) is 5.30. The zero-order valence-corrected chi connectivity index (χ0v) is 12.1. The molecular formula is C13H21N3O2S. The van der Waals surface area contributed by atoms with E-state index in [2.05, 4.69) is 22.1 Å². The Balaban J connectivity index is 1.67. The molecule has 2 rings (SSSR count). The first-order valence-corrected chi connectivity index (χ1v) is 7.67. The van der Waals surface area contributed by atoms with Gasteiger partial charge in [0.1, 0.15) is 0 Å². The van der Waals surface area contributed by atoms with Gasteiger partial charge in [-0.05, 0) is 44.9 Å². The quantitative estimate of drug-likeness (QED) is 0.831. The summed E-state index contributed by atoms with van der Waals surface area (Å²) < 4.78 is 0. The number of nitrogens with zero attached hydrogens (tertiary/aromatic N) is 2. The predicted molar refractivity (Wildman–Crippen MR) is 75.6 cm³/mol. The molecule has 0 spiro atoms. The van der Waals surface area contributed by atoms with E-state index in [4.69, 9.17) is 5.11 Å². The van der Waals surface area contributed by atoms with Crippen LogP contribution in [0.15, 0.2) is 5.38 Å². The highest BCUT2D eigenvalue weighted by Gasteiger charge is 2.17. The minimum absolute atomic E-state index is 0.174. The van der Waals surface area contributed by atoms with Gasteiger partial charge in [0.2, 0.25) is 5.01 Å². The van der Waals surface area contributed by atoms with E-state index < -0.39 is 5.97 Å². The number of hydrogen-bond acceptors (Lipinski definition) is 5. The zero-order valence-electron chi connectivity index (χ0n) is 11.3. The van der Waals surface area contributed by atoms with Gasteiger partial charge in [0.15, 0.2) is 0 Å². The van der Waals surface area contributed by atoms with E-state index in [1.807, 2.05) is 5.38 Å². The summed E-state index contributed by atoms with van der Waals surface area (Å²) in [6, 6.07) is 0. The monoisotopic (exact) mass is 283 g/mol. The molecule has 5 nitrogen and oxygen atoms in total. The summed E-state index contributed by atoms with van der Waals surface area (Å²) in [6.07, 6.45) is 2.50. The summed E-state index contributed by atoms with van der Waals surface area (Å²) in [7, 11) is 0. The first kappa shape index (κ1) is 14.4. The van der Waals surface area contributed by atoms with Crippen molar-refractivity contribution in [1.29, 1.82) is 0 Å². The fraction of sp³-hybridized carbons (Fsp3) is 0.692. The number of carboxylic acid groups (broad SMARTS) is 1. The van der Waals surface area contributed by atoms with E-state index in [1.54, 1.807) is 0 Å². The van der Waals surface area contributed by atoms with E-state index in [1.165, 1.54) is 37.3 Å². The van der Waals surface area contributed by atoms with Crippen molar-refractivity contribution in [3.05, 3.63) is 16.1 Å². The normalized spacial score (nSPS) is 17.7. The highest BCUT2D eigenvalue weighted by molar-refractivity contribution is 7.11. The maximum absolute atomic E-state index is 10.7. The molecule has 0 bridgehead atoms. The molecule has 0 unspecified atom stereocenters. The van der Waals surface area contributed by atoms with Gasteiger partial charge in [0, 0.05) is 11.9 Å². The standard InChI is InChI=1S/C13H21N3O2S/c1-2-16-5-3-10(4-6-16)7-14-8-11-9-19-12(15-11)13(17)18/h9-10,14H,2-8H2,1H3,(H,17,18). The van der Waals surface area contributed by atoms with Crippen molar-refractivity contribution in [2.45, 2.75) is 26.3 Å². The zero-order chi connectivity index (χ0) is 13.7. The first-order valence-electron chi connectivity index (χ1n) is 6.79. The third kappa shape index (κ3) is 4.26. The average Bonchev–Trinajstić information content (AvgIpc) is 2.89. The van der Waals surface area contributed by atoms with Crippen molar-refractivity contribution in [2.24, 2.45) is 5.92 Å². The van der Waals surface area contributed by atoms with Crippen molar-refractivity contribution in [3.8, 4) is 0 Å². The van der Waals surface area contributed by atoms with Crippen LogP contribution in [0, 0.1) is 5.92 Å². The van der Waals surface area contributed by atoms with Gasteiger partial charge in [-0.25, -0.2) is 9.78 Å². The summed E-state index contributed by atoms with van der Waals surface area (Å²) in [4.78, 5) is 17.3. The van der Waals surface area contributed by atoms with Crippen LogP contribution >= 0.6 is 11.3 Å². The number of aromatic carboxylic acids is 1. The van der Waals surface area contributed by atoms with Gasteiger partial charge >= 0.3 is 5.97 Å². The number of nitrogens with one attached hydrogen (secondary N) is 1. The lowest BCUT2D eigenvalue weighted by Gasteiger charge is -2.31. The smallest absolute Gasteiger partial charge is 0.365 e. The van der Waals surface area contributed by atoms with Gasteiger partial charge < -0.3 is 15.3 Å². The molecule has 6 heteroatoms. The maximum Gasteiger partial charge on any atom is 0.365 e. The van der Waals surface area contributed by atoms with Crippen LogP contribution in [-0.4, -0.2) is 47.1 Å². The third-order valence-corrected chi connectivity index (χ3v) is 4.51. The van der Waals surface area contributed by atoms with Crippen molar-refractivity contribution < 1.29 is 9.90 Å². The second-order valence-corrected chi connectivity index (χ2v) is 5.82. The van der Waals surface area contributed by atoms with E-state index in [0.29, 0.717) is 6.54 Å². The summed E-state index contributed by atoms with van der Waals surface area (Å²) in [5.41, 5.74) is 0.827. The molecule has 1 aromatic heterocycles. The Bertz CT molecular complexity index is 414. The fourth-order valence-corrected chi connectivity index (χ4v) is 3.05. The van der Waals surface area contributed by atoms with E-state index in [9.17, 15) is 4.79 Å². The molecule has 0 amide bonds. The lowest BCUT2D eigenvalue weighted by Crippen LogP contribution is -2.36. The molecular weight excluding hydrogens is 262 g/mol. The maximum atomic E-state index is 10.7. The third-order valence-electron chi connectivity index (χ3n) is 3.63. The molecule has 0 aromatic carbocycles. The summed E-state index contributed by atoms with van der Waals surface area (Å²) in [5.74, 6) is -0.205. The van der Waals surface area contributed by atoms with Crippen molar-refractivity contribution in [2.75, 3.05) is 26.2 Å². The lowest BCUT2D eigenvalue weighted by atomic mass is 9.97. The number of thiazole rings is 1. The van der Waals surface area contributed by atoms with Gasteiger partial charge in [-0.1, -0.05) is 6.92 Å². The van der Waals surface area contributed by atoms with Gasteiger partial charge in [0.05, 0.1) is 5.69 Å². The Labute approximate surface area is 117 Å². The van der Waals surface area contributed by atoms with Crippen molar-refractivity contribution >= 4 is 17.3 Å². The molecule has 0 atom stereocenters. The van der Waals surface area contributed by atoms with Gasteiger partial charge in [-0.3, -0.25) is 0 Å². The highest BCUT2D eigenvalue weighted by atomic mass is 32.1. The van der Waals surface area contributed by atoms with Crippen LogP contribution in [0.5, 0.6) is 0 Å². The van der Waals surface area contributed by atoms with Crippen LogP contribution in [0.2, 0.25) is 0 Å². The Morgan fingerprint density at radius 1 is 1.58 bits per heavy atom. The molecule has 2 heterocycles. The largest absolute Gasteiger partial charge is 0.476 e. The van der Waals surface area contributed by atoms with Gasteiger partial charge in [0.25, 0.3) is 0 Å². The number of piperidine rings is 1. The second kappa shape index (κ2) is 6.98. The molecule has 19 heavy (non-hydrogen) atoms. The van der Waals surface area contributed by atoms with Gasteiger partial charge in [-0.15, -0.1) is 11.3 Å². The molecule has 106 valence electrons. The minimum atomic E-state index is -0.941. The van der Waals surface area contributed by atoms with Crippen LogP contribution in [0.25, 0.3) is 0 Å². The molecule has 0 radical (unpaired) electrons. The average molecular weight is 283 g/mol. The summed E-state index contributed by atoms with van der Waals surface area (Å²) >= 11 is 1.19. The lowest BCUT2D eigenvalue weighted by molar-refractivity contribution is 0.0696. The molecule has 1 aliphatic heterocycles. The molecule has 1 aromatic rings. The Morgan fingerprint density at radius 2 is 2.32 bits per heavy atom. The van der Waals surface area contributed by atoms with E-state index >= 15 is 0 Å². The summed E-state index contributed by atoms with van der Waals surface area (Å²) in [6.45, 7) is 7.42. The van der Waals surface area contributed by atoms with Crippen LogP contribution < -0.4 is 5.32 Å². The molecule has 2 N–H and O–H groups in total. The molecule has 0 saturated carbocycles. The predicted octanol–water partition coefficient (Wildman–Crippen LogP) is 1.66. The van der Waals surface area contributed by atoms with E-state index in [0.717, 1.165) is 24.7 Å². The SMILES string of the molecule is CCN1CCC(CNCc2csc(C(=O)O)n2)CC1. The van der Waals surface area contributed by atoms with Gasteiger partial charge in [-0.2, -0.15) is 0 Å². The Hall–Kier alpha value is -0.980. The molecule has 0 aliphatic carbocycles. The van der Waals surface area contributed by atoms with Crippen LogP contribution in [0.1, 0.15) is 35.3 Å². The number of rotatable bonds is 6. The van der Waals surface area contributed by atoms with Crippen molar-refractivity contribution in [3.63, 3.8) is 0 Å². The number of carbonyl (C=O) groups is 1. The summed E-state index contributed by atoms with van der Waals surface area (Å²) in [5, 5.41) is 14.2. The topological polar surface area (TPSA) is 65.5 Å². The highest BCUT2D eigenvalue weighted by Crippen LogP contribution is 2.16. The second-order valence-electron chi connectivity index (χ2n) is 4.96. The number of carboxylic acids is 1. The van der Waals surface area contributed by atoms with Crippen LogP contribution in [0.4, 0.5) is 0 Å². The van der Waals surface area contributed by atoms with E-state index in [-0.39, 0.29) is 5.01 Å². The minimum Gasteiger partial charge on any atom is -0.476 e. The Morgan fingerprint density at radius 3 is 2.89 bits per heavy atom. The number of likely N-dealkylation sites (tertiary alicyclic amines) is 1. The first-order chi connectivity index (χ1) is 9.19. The number of hydrogen-bond donors (Lipinski definition) is 2. The fourth-order valence-electron chi connectivity index (χ4n) is 2.40. The van der Waals surface area contributed by atoms with Crippen LogP contribution in [-0.2, 0) is 6.54 Å². The number of aromatic nitrogens is 1. The molecule has 1 saturated heterocycles. The van der Waals surface area contributed by atoms with Crippen LogP contribution in [0.3, 0.4) is 0 Å². The molecule has 1 fully saturated rings. The molecule has 1 aliphatic rings.